The van der Waals surface area contributed by atoms with Crippen molar-refractivity contribution in [1.29, 1.82) is 0 Å². The van der Waals surface area contributed by atoms with Crippen LogP contribution in [-0.2, 0) is 19.9 Å². The second kappa shape index (κ2) is 7.32. The average Bonchev–Trinajstić information content (AvgIpc) is 3.13. The van der Waals surface area contributed by atoms with Gasteiger partial charge in [0.05, 0.1) is 15.5 Å². The number of sulfone groups is 1. The number of hydrogen-bond acceptors (Lipinski definition) is 6. The van der Waals surface area contributed by atoms with E-state index in [-0.39, 0.29) is 21.6 Å². The van der Waals surface area contributed by atoms with E-state index in [0.717, 1.165) is 32.6 Å². The van der Waals surface area contributed by atoms with Gasteiger partial charge < -0.3 is 5.32 Å². The molecule has 1 aromatic carbocycles. The zero-order chi connectivity index (χ0) is 18.1. The summed E-state index contributed by atoms with van der Waals surface area (Å²) in [6.45, 7) is 6.35. The fraction of sp³-hybridized carbons (Fsp3) is 0.625. The van der Waals surface area contributed by atoms with Gasteiger partial charge in [-0.15, -0.1) is 0 Å². The Morgan fingerprint density at radius 3 is 2.20 bits per heavy atom. The summed E-state index contributed by atoms with van der Waals surface area (Å²) >= 11 is 0. The summed E-state index contributed by atoms with van der Waals surface area (Å²) in [5.74, 6) is -0.00239. The maximum Gasteiger partial charge on any atom is 0.243 e. The molecule has 2 saturated heterocycles. The Balaban J connectivity index is 1.73. The first kappa shape index (κ1) is 18.8. The third kappa shape index (κ3) is 3.90. The van der Waals surface area contributed by atoms with Crippen LogP contribution in [0.2, 0.25) is 0 Å². The Bertz CT molecular complexity index is 800. The van der Waals surface area contributed by atoms with Gasteiger partial charge in [-0.1, -0.05) is 6.92 Å². The summed E-state index contributed by atoms with van der Waals surface area (Å²) < 4.78 is 50.9. The number of piperazine rings is 1. The lowest BCUT2D eigenvalue weighted by Crippen LogP contribution is -2.49. The van der Waals surface area contributed by atoms with E-state index in [2.05, 4.69) is 10.2 Å². The molecular weight excluding hydrogens is 362 g/mol. The van der Waals surface area contributed by atoms with E-state index >= 15 is 0 Å². The minimum Gasteiger partial charge on any atom is -0.314 e. The molecule has 3 rings (SSSR count). The maximum atomic E-state index is 12.8. The Hall–Kier alpha value is -1.00. The molecule has 2 heterocycles. The molecule has 140 valence electrons. The lowest BCUT2D eigenvalue weighted by molar-refractivity contribution is 0.179. The van der Waals surface area contributed by atoms with Crippen LogP contribution in [0.15, 0.2) is 34.1 Å². The van der Waals surface area contributed by atoms with Gasteiger partial charge in [-0.3, -0.25) is 4.90 Å². The van der Waals surface area contributed by atoms with Gasteiger partial charge in [-0.25, -0.2) is 16.8 Å². The predicted octanol–water partition coefficient (Wildman–Crippen LogP) is 0.148. The largest absolute Gasteiger partial charge is 0.314 e. The first-order valence-corrected chi connectivity index (χ1v) is 11.7. The maximum absolute atomic E-state index is 12.8. The van der Waals surface area contributed by atoms with Crippen LogP contribution in [0, 0.1) is 0 Å². The molecule has 0 radical (unpaired) electrons. The Morgan fingerprint density at radius 1 is 1.00 bits per heavy atom. The van der Waals surface area contributed by atoms with Crippen LogP contribution in [-0.4, -0.2) is 77.1 Å². The molecule has 0 spiro atoms. The molecule has 7 nitrogen and oxygen atoms in total. The summed E-state index contributed by atoms with van der Waals surface area (Å²) in [5, 5.41) is 3.31. The summed E-state index contributed by atoms with van der Waals surface area (Å²) in [4.78, 5) is 2.67. The number of benzene rings is 1. The van der Waals surface area contributed by atoms with Crippen LogP contribution in [0.4, 0.5) is 0 Å². The Morgan fingerprint density at radius 2 is 1.60 bits per heavy atom. The summed E-state index contributed by atoms with van der Waals surface area (Å²) in [5.41, 5.74) is 0. The number of rotatable bonds is 5. The highest BCUT2D eigenvalue weighted by Crippen LogP contribution is 2.25. The molecule has 9 heteroatoms. The van der Waals surface area contributed by atoms with Crippen molar-refractivity contribution < 1.29 is 16.8 Å². The highest BCUT2D eigenvalue weighted by Gasteiger charge is 2.35. The Labute approximate surface area is 150 Å². The molecular formula is C16H25N3O4S2. The van der Waals surface area contributed by atoms with Crippen molar-refractivity contribution in [3.05, 3.63) is 24.3 Å². The molecule has 1 aromatic rings. The smallest absolute Gasteiger partial charge is 0.243 e. The van der Waals surface area contributed by atoms with E-state index in [1.54, 1.807) is 6.92 Å². The van der Waals surface area contributed by atoms with Gasteiger partial charge in [0.25, 0.3) is 0 Å². The second-order valence-electron chi connectivity index (χ2n) is 6.47. The van der Waals surface area contributed by atoms with Gasteiger partial charge in [-0.05, 0) is 30.7 Å². The van der Waals surface area contributed by atoms with Crippen LogP contribution in [0.3, 0.4) is 0 Å². The highest BCUT2D eigenvalue weighted by atomic mass is 32.2. The van der Waals surface area contributed by atoms with Gasteiger partial charge in [-0.2, -0.15) is 4.31 Å². The number of hydrogen-bond donors (Lipinski definition) is 1. The Kier molecular flexibility index (Phi) is 5.50. The van der Waals surface area contributed by atoms with Crippen molar-refractivity contribution in [3.8, 4) is 0 Å². The van der Waals surface area contributed by atoms with E-state index in [4.69, 9.17) is 0 Å². The molecule has 2 aliphatic rings. The van der Waals surface area contributed by atoms with Gasteiger partial charge in [0.15, 0.2) is 9.84 Å². The average molecular weight is 388 g/mol. The van der Waals surface area contributed by atoms with Gasteiger partial charge in [0.2, 0.25) is 10.0 Å². The second-order valence-corrected chi connectivity index (χ2v) is 10.7. The zero-order valence-electron chi connectivity index (χ0n) is 14.4. The predicted molar refractivity (Wildman–Crippen MR) is 95.8 cm³/mol. The van der Waals surface area contributed by atoms with Crippen molar-refractivity contribution in [3.63, 3.8) is 0 Å². The summed E-state index contributed by atoms with van der Waals surface area (Å²) in [6, 6.07) is 5.83. The van der Waals surface area contributed by atoms with E-state index in [1.165, 1.54) is 28.6 Å². The van der Waals surface area contributed by atoms with Crippen molar-refractivity contribution in [2.24, 2.45) is 0 Å². The molecule has 1 unspecified atom stereocenters. The molecule has 2 aliphatic heterocycles. The minimum atomic E-state index is -3.58. The fourth-order valence-electron chi connectivity index (χ4n) is 3.41. The number of nitrogens with one attached hydrogen (secondary N) is 1. The third-order valence-corrected chi connectivity index (χ3v) is 8.62. The third-order valence-electron chi connectivity index (χ3n) is 4.99. The lowest BCUT2D eigenvalue weighted by atomic mass is 10.2. The van der Waals surface area contributed by atoms with Crippen LogP contribution >= 0.6 is 0 Å². The molecule has 0 aromatic heterocycles. The molecule has 1 N–H and O–H groups in total. The van der Waals surface area contributed by atoms with E-state index in [0.29, 0.717) is 13.1 Å². The summed E-state index contributed by atoms with van der Waals surface area (Å²) in [7, 11) is -6.91. The monoisotopic (exact) mass is 387 g/mol. The molecule has 0 aliphatic carbocycles. The van der Waals surface area contributed by atoms with E-state index in [9.17, 15) is 16.8 Å². The van der Waals surface area contributed by atoms with Crippen LogP contribution in [0.25, 0.3) is 0 Å². The zero-order valence-corrected chi connectivity index (χ0v) is 16.0. The van der Waals surface area contributed by atoms with Gasteiger partial charge >= 0.3 is 0 Å². The van der Waals surface area contributed by atoms with Crippen molar-refractivity contribution in [2.45, 2.75) is 29.2 Å². The number of nitrogens with zero attached hydrogens (tertiary/aromatic N) is 2. The molecule has 0 saturated carbocycles. The molecule has 0 bridgehead atoms. The van der Waals surface area contributed by atoms with E-state index in [1.807, 2.05) is 0 Å². The summed E-state index contributed by atoms with van der Waals surface area (Å²) in [6.07, 6.45) is 0.835. The lowest BCUT2D eigenvalue weighted by Gasteiger charge is -2.32. The van der Waals surface area contributed by atoms with Crippen LogP contribution in [0.5, 0.6) is 0 Å². The van der Waals surface area contributed by atoms with Crippen molar-refractivity contribution in [1.82, 2.24) is 14.5 Å². The van der Waals surface area contributed by atoms with E-state index < -0.39 is 19.9 Å². The minimum absolute atomic E-state index is 0.00239. The molecule has 25 heavy (non-hydrogen) atoms. The molecule has 1 atom stereocenters. The highest BCUT2D eigenvalue weighted by molar-refractivity contribution is 7.91. The molecule has 2 fully saturated rings. The topological polar surface area (TPSA) is 86.8 Å². The van der Waals surface area contributed by atoms with Crippen LogP contribution < -0.4 is 5.32 Å². The quantitative estimate of drug-likeness (QED) is 0.774. The molecule has 0 amide bonds. The van der Waals surface area contributed by atoms with Crippen molar-refractivity contribution in [2.75, 3.05) is 45.0 Å². The van der Waals surface area contributed by atoms with Gasteiger partial charge in [0, 0.05) is 45.3 Å². The SMILES string of the molecule is CCS(=O)(=O)c1ccc(S(=O)(=O)N2CCC(N3CCNCC3)C2)cc1. The fourth-order valence-corrected chi connectivity index (χ4v) is 5.79. The van der Waals surface area contributed by atoms with Crippen molar-refractivity contribution >= 4 is 19.9 Å². The standard InChI is InChI=1S/C16H25N3O4S2/c1-2-24(20,21)15-3-5-16(6-4-15)25(22,23)19-10-7-14(13-19)18-11-8-17-9-12-18/h3-6,14,17H,2,7-13H2,1H3. The number of sulfonamides is 1. The normalized spacial score (nSPS) is 23.8. The first-order chi connectivity index (χ1) is 11.8. The van der Waals surface area contributed by atoms with Gasteiger partial charge in [0.1, 0.15) is 0 Å². The first-order valence-electron chi connectivity index (χ1n) is 8.62. The van der Waals surface area contributed by atoms with Crippen LogP contribution in [0.1, 0.15) is 13.3 Å².